The Kier molecular flexibility index (Phi) is 7.45. The fourth-order valence-electron chi connectivity index (χ4n) is 3.92. The van der Waals surface area contributed by atoms with E-state index in [0.717, 1.165) is 10.0 Å². The molecule has 30 heavy (non-hydrogen) atoms. The van der Waals surface area contributed by atoms with Gasteiger partial charge in [0.15, 0.2) is 0 Å². The minimum absolute atomic E-state index is 0.0529. The van der Waals surface area contributed by atoms with Crippen LogP contribution in [0.25, 0.3) is 0 Å². The number of hydrogen-bond acceptors (Lipinski definition) is 3. The highest BCUT2D eigenvalue weighted by Gasteiger charge is 2.46. The summed E-state index contributed by atoms with van der Waals surface area (Å²) in [6.45, 7) is 4.21. The number of nitrogens with zero attached hydrogens (tertiary/aromatic N) is 2. The van der Waals surface area contributed by atoms with Crippen LogP contribution >= 0.6 is 39.1 Å². The zero-order valence-corrected chi connectivity index (χ0v) is 19.8. The maximum absolute atomic E-state index is 13.1. The number of carboxylic acid groups (broad SMARTS) is 1. The fraction of sp³-hybridized carbons (Fsp3) is 0.364. The molecule has 160 valence electrons. The summed E-state index contributed by atoms with van der Waals surface area (Å²) in [7, 11) is 0. The molecule has 1 heterocycles. The highest BCUT2D eigenvalue weighted by molar-refractivity contribution is 9.10. The van der Waals surface area contributed by atoms with Gasteiger partial charge in [-0.2, -0.15) is 0 Å². The topological polar surface area (TPSA) is 60.9 Å². The Balaban J connectivity index is 2.01. The van der Waals surface area contributed by atoms with E-state index in [1.54, 1.807) is 40.1 Å². The third-order valence-electron chi connectivity index (χ3n) is 5.41. The van der Waals surface area contributed by atoms with Crippen LogP contribution in [0.1, 0.15) is 31.0 Å². The molecule has 0 saturated carbocycles. The van der Waals surface area contributed by atoms with Gasteiger partial charge in [-0.05, 0) is 49.6 Å². The van der Waals surface area contributed by atoms with Gasteiger partial charge in [-0.15, -0.1) is 0 Å². The van der Waals surface area contributed by atoms with Gasteiger partial charge in [-0.25, -0.2) is 0 Å². The average Bonchev–Trinajstić information content (AvgIpc) is 2.67. The van der Waals surface area contributed by atoms with E-state index in [2.05, 4.69) is 15.9 Å². The second-order valence-electron chi connectivity index (χ2n) is 7.59. The van der Waals surface area contributed by atoms with Gasteiger partial charge in [0.05, 0.1) is 12.6 Å². The molecule has 2 aromatic rings. The molecule has 1 aliphatic rings. The maximum Gasteiger partial charge on any atom is 0.323 e. The smallest absolute Gasteiger partial charge is 0.323 e. The quantitative estimate of drug-likeness (QED) is 0.587. The van der Waals surface area contributed by atoms with Crippen molar-refractivity contribution >= 4 is 51.0 Å². The first kappa shape index (κ1) is 23.1. The van der Waals surface area contributed by atoms with Crippen molar-refractivity contribution in [3.8, 4) is 0 Å². The molecule has 1 saturated heterocycles. The van der Waals surface area contributed by atoms with Crippen LogP contribution in [0.4, 0.5) is 0 Å². The minimum Gasteiger partial charge on any atom is -0.480 e. The zero-order valence-electron chi connectivity index (χ0n) is 16.7. The van der Waals surface area contributed by atoms with Crippen molar-refractivity contribution in [3.05, 3.63) is 68.1 Å². The lowest BCUT2D eigenvalue weighted by Gasteiger charge is -2.47. The average molecular weight is 514 g/mol. The molecule has 2 unspecified atom stereocenters. The van der Waals surface area contributed by atoms with E-state index in [1.807, 2.05) is 26.0 Å². The Hall–Kier alpha value is -1.60. The van der Waals surface area contributed by atoms with Crippen LogP contribution in [0.5, 0.6) is 0 Å². The summed E-state index contributed by atoms with van der Waals surface area (Å²) in [5.74, 6) is -1.09. The van der Waals surface area contributed by atoms with Crippen LogP contribution in [-0.4, -0.2) is 52.0 Å². The van der Waals surface area contributed by atoms with Crippen molar-refractivity contribution in [3.63, 3.8) is 0 Å². The maximum atomic E-state index is 13.1. The van der Waals surface area contributed by atoms with E-state index >= 15 is 0 Å². The lowest BCUT2D eigenvalue weighted by atomic mass is 9.92. The minimum atomic E-state index is -0.973. The molecule has 3 rings (SSSR count). The Bertz CT molecular complexity index is 954. The van der Waals surface area contributed by atoms with Crippen LogP contribution in [0, 0.1) is 0 Å². The van der Waals surface area contributed by atoms with Crippen LogP contribution in [0.2, 0.25) is 10.0 Å². The third-order valence-corrected chi connectivity index (χ3v) is 6.73. The molecule has 0 radical (unpaired) electrons. The number of hydrogen-bond donors (Lipinski definition) is 1. The van der Waals surface area contributed by atoms with Crippen molar-refractivity contribution in [1.29, 1.82) is 0 Å². The Morgan fingerprint density at radius 1 is 1.23 bits per heavy atom. The molecule has 0 bridgehead atoms. The highest BCUT2D eigenvalue weighted by atomic mass is 79.9. The molecule has 1 fully saturated rings. The van der Waals surface area contributed by atoms with Gasteiger partial charge in [0, 0.05) is 27.1 Å². The van der Waals surface area contributed by atoms with E-state index in [4.69, 9.17) is 23.2 Å². The number of benzene rings is 2. The molecule has 0 aliphatic carbocycles. The summed E-state index contributed by atoms with van der Waals surface area (Å²) in [5, 5.41) is 11.2. The Morgan fingerprint density at radius 2 is 1.93 bits per heavy atom. The van der Waals surface area contributed by atoms with Gasteiger partial charge >= 0.3 is 5.97 Å². The predicted octanol–water partition coefficient (Wildman–Crippen LogP) is 5.05. The van der Waals surface area contributed by atoms with Crippen molar-refractivity contribution < 1.29 is 14.7 Å². The Labute approximate surface area is 194 Å². The summed E-state index contributed by atoms with van der Waals surface area (Å²) < 4.78 is 0.854. The van der Waals surface area contributed by atoms with Gasteiger partial charge in [0.1, 0.15) is 6.04 Å². The number of carboxylic acids is 1. The van der Waals surface area contributed by atoms with E-state index in [1.165, 1.54) is 0 Å². The number of rotatable bonds is 6. The summed E-state index contributed by atoms with van der Waals surface area (Å²) >= 11 is 16.0. The molecular weight excluding hydrogens is 491 g/mol. The van der Waals surface area contributed by atoms with Crippen LogP contribution in [0.3, 0.4) is 0 Å². The van der Waals surface area contributed by atoms with Crippen molar-refractivity contribution in [1.82, 2.24) is 9.80 Å². The fourth-order valence-corrected chi connectivity index (χ4v) is 5.04. The number of carbonyl (C=O) groups excluding carboxylic acids is 1. The van der Waals surface area contributed by atoms with Gasteiger partial charge in [0.2, 0.25) is 5.91 Å². The monoisotopic (exact) mass is 512 g/mol. The molecule has 0 spiro atoms. The number of carbonyl (C=O) groups is 2. The molecular formula is C22H23BrCl2N2O3. The number of halogens is 3. The van der Waals surface area contributed by atoms with Gasteiger partial charge in [-0.1, -0.05) is 63.4 Å². The van der Waals surface area contributed by atoms with E-state index < -0.39 is 18.1 Å². The van der Waals surface area contributed by atoms with E-state index in [9.17, 15) is 14.7 Å². The lowest BCUT2D eigenvalue weighted by Crippen LogP contribution is -2.62. The molecule has 5 nitrogen and oxygen atoms in total. The summed E-state index contributed by atoms with van der Waals surface area (Å²) in [5.41, 5.74) is 1.63. The van der Waals surface area contributed by atoms with Gasteiger partial charge < -0.3 is 10.0 Å². The van der Waals surface area contributed by atoms with Crippen LogP contribution < -0.4 is 0 Å². The van der Waals surface area contributed by atoms with Crippen molar-refractivity contribution in [2.45, 2.75) is 38.4 Å². The third kappa shape index (κ3) is 4.83. The number of aliphatic carboxylic acids is 1. The first-order valence-electron chi connectivity index (χ1n) is 9.67. The van der Waals surface area contributed by atoms with Gasteiger partial charge in [0.25, 0.3) is 0 Å². The van der Waals surface area contributed by atoms with Crippen molar-refractivity contribution in [2.75, 3.05) is 13.1 Å². The van der Waals surface area contributed by atoms with Crippen LogP contribution in [-0.2, 0) is 16.0 Å². The molecule has 2 atom stereocenters. The standard InChI is InChI=1S/C22H23BrCl2N2O3/c1-13(2)27-12-19(28)26(10-9-14-7-8-15(24)11-17(14)23)20(21(27)22(29)30)16-5-3-4-6-18(16)25/h3-8,11,13,20-21H,9-10,12H2,1-2H3,(H,29,30). The second kappa shape index (κ2) is 9.69. The summed E-state index contributed by atoms with van der Waals surface area (Å²) in [6.07, 6.45) is 0.554. The second-order valence-corrected chi connectivity index (χ2v) is 9.29. The SMILES string of the molecule is CC(C)N1CC(=O)N(CCc2ccc(Cl)cc2Br)C(c2ccccc2Cl)C1C(=O)O. The first-order valence-corrected chi connectivity index (χ1v) is 11.2. The molecule has 8 heteroatoms. The molecule has 2 aromatic carbocycles. The largest absolute Gasteiger partial charge is 0.480 e. The molecule has 1 N–H and O–H groups in total. The predicted molar refractivity (Wildman–Crippen MR) is 122 cm³/mol. The van der Waals surface area contributed by atoms with Crippen LogP contribution in [0.15, 0.2) is 46.9 Å². The molecule has 1 amide bonds. The van der Waals surface area contributed by atoms with E-state index in [-0.39, 0.29) is 18.5 Å². The van der Waals surface area contributed by atoms with Gasteiger partial charge in [-0.3, -0.25) is 14.5 Å². The molecule has 1 aliphatic heterocycles. The summed E-state index contributed by atoms with van der Waals surface area (Å²) in [6, 6.07) is 10.9. The zero-order chi connectivity index (χ0) is 22.0. The first-order chi connectivity index (χ1) is 14.2. The number of amides is 1. The highest BCUT2D eigenvalue weighted by Crippen LogP contribution is 2.37. The normalized spacial score (nSPS) is 20.1. The molecule has 0 aromatic heterocycles. The Morgan fingerprint density at radius 3 is 2.53 bits per heavy atom. The summed E-state index contributed by atoms with van der Waals surface area (Å²) in [4.78, 5) is 28.9. The number of piperazine rings is 1. The van der Waals surface area contributed by atoms with E-state index in [0.29, 0.717) is 28.6 Å². The van der Waals surface area contributed by atoms with Crippen molar-refractivity contribution in [2.24, 2.45) is 0 Å². The lowest BCUT2D eigenvalue weighted by molar-refractivity contribution is -0.159.